The Hall–Kier alpha value is 1.42. The Morgan fingerprint density at radius 3 is 1.33 bits per heavy atom. The fourth-order valence-electron chi connectivity index (χ4n) is 0. The minimum atomic E-state index is 0. The molecule has 0 aliphatic carbocycles. The van der Waals surface area contributed by atoms with Crippen molar-refractivity contribution in [3.05, 3.63) is 0 Å². The molecule has 0 aromatic rings. The average molecular weight is 226 g/mol. The van der Waals surface area contributed by atoms with E-state index in [9.17, 15) is 0 Å². The van der Waals surface area contributed by atoms with E-state index >= 15 is 0 Å². The van der Waals surface area contributed by atoms with E-state index in [-0.39, 0.29) is 58.6 Å². The summed E-state index contributed by atoms with van der Waals surface area (Å²) in [5.41, 5.74) is 9.24. The first kappa shape index (κ1) is 15.7. The summed E-state index contributed by atoms with van der Waals surface area (Å²) in [4.78, 5) is 0. The van der Waals surface area contributed by atoms with Gasteiger partial charge in [0.2, 0.25) is 0 Å². The van der Waals surface area contributed by atoms with Crippen LogP contribution in [-0.2, 0) is 0 Å². The number of thiocarbonyl (C=S) groups is 1. The Balaban J connectivity index is -0.0000000450. The standard InChI is InChI=1S/CH4N2S.HI.Na/c2-1(3)4;;/h(H4,2,3,4);1H;/q;;+1/p-1. The number of hydrogen-bond donors (Lipinski definition) is 2. The number of hydrogen-bond acceptors (Lipinski definition) is 1. The minimum Gasteiger partial charge on any atom is -1.00 e. The van der Waals surface area contributed by atoms with Gasteiger partial charge in [-0.3, -0.25) is 0 Å². The smallest absolute Gasteiger partial charge is 1.00 e. The number of halogens is 1. The average Bonchev–Trinajstić information content (AvgIpc) is 0.811. The van der Waals surface area contributed by atoms with Gasteiger partial charge in [0.25, 0.3) is 0 Å². The van der Waals surface area contributed by atoms with Crippen LogP contribution in [0, 0.1) is 0 Å². The van der Waals surface area contributed by atoms with Crippen LogP contribution >= 0.6 is 12.2 Å². The monoisotopic (exact) mass is 226 g/mol. The second kappa shape index (κ2) is 9.65. The minimum absolute atomic E-state index is 0. The van der Waals surface area contributed by atoms with Gasteiger partial charge in [-0.2, -0.15) is 0 Å². The van der Waals surface area contributed by atoms with Crippen molar-refractivity contribution in [1.29, 1.82) is 0 Å². The van der Waals surface area contributed by atoms with E-state index < -0.39 is 0 Å². The summed E-state index contributed by atoms with van der Waals surface area (Å²) < 4.78 is 0. The van der Waals surface area contributed by atoms with Crippen LogP contribution in [0.25, 0.3) is 0 Å². The molecule has 0 aliphatic heterocycles. The second-order valence-corrected chi connectivity index (χ2v) is 0.874. The molecule has 0 rings (SSSR count). The predicted molar refractivity (Wildman–Crippen MR) is 21.0 cm³/mol. The SMILES string of the molecule is NC(N)=S.[I-].[Na+]. The second-order valence-electron chi connectivity index (χ2n) is 0.402. The maximum absolute atomic E-state index is 4.62. The van der Waals surface area contributed by atoms with Crippen LogP contribution in [0.5, 0.6) is 0 Å². The van der Waals surface area contributed by atoms with Gasteiger partial charge in [-0.25, -0.2) is 0 Å². The van der Waals surface area contributed by atoms with Crippen LogP contribution in [0.15, 0.2) is 0 Å². The van der Waals surface area contributed by atoms with Crippen molar-refractivity contribution in [3.8, 4) is 0 Å². The topological polar surface area (TPSA) is 52.0 Å². The normalized spacial score (nSPS) is 4.00. The largest absolute Gasteiger partial charge is 1.00 e. The molecule has 5 heteroatoms. The van der Waals surface area contributed by atoms with Crippen LogP contribution in [0.1, 0.15) is 0 Å². The molecular weight excluding hydrogens is 222 g/mol. The fraction of sp³-hybridized carbons (Fsp3) is 0. The molecule has 0 radical (unpaired) electrons. The molecule has 0 aliphatic rings. The van der Waals surface area contributed by atoms with Crippen molar-refractivity contribution >= 4 is 17.3 Å². The third-order valence-electron chi connectivity index (χ3n) is 0. The van der Waals surface area contributed by atoms with Crippen molar-refractivity contribution in [1.82, 2.24) is 0 Å². The van der Waals surface area contributed by atoms with Crippen molar-refractivity contribution < 1.29 is 53.5 Å². The third kappa shape index (κ3) is 52.5. The fourth-order valence-corrected chi connectivity index (χ4v) is 0. The van der Waals surface area contributed by atoms with Crippen LogP contribution in [0.2, 0.25) is 0 Å². The van der Waals surface area contributed by atoms with Crippen molar-refractivity contribution in [2.75, 3.05) is 0 Å². The molecular formula is CH4IN2NaS. The van der Waals surface area contributed by atoms with Gasteiger partial charge in [0.15, 0.2) is 5.11 Å². The van der Waals surface area contributed by atoms with Crippen LogP contribution in [0.3, 0.4) is 0 Å². The Labute approximate surface area is 81.3 Å². The van der Waals surface area contributed by atoms with Crippen molar-refractivity contribution in [2.24, 2.45) is 11.5 Å². The molecule has 0 atom stereocenters. The summed E-state index contributed by atoms with van der Waals surface area (Å²) >= 11 is 4.09. The van der Waals surface area contributed by atoms with E-state index in [0.29, 0.717) is 0 Å². The summed E-state index contributed by atoms with van der Waals surface area (Å²) in [6, 6.07) is 0. The zero-order valence-electron chi connectivity index (χ0n) is 3.44. The van der Waals surface area contributed by atoms with Crippen molar-refractivity contribution in [3.63, 3.8) is 0 Å². The predicted octanol–water partition coefficient (Wildman–Crippen LogP) is -6.80. The van der Waals surface area contributed by atoms with Gasteiger partial charge in [-0.15, -0.1) is 0 Å². The van der Waals surface area contributed by atoms with Crippen LogP contribution < -0.4 is 65.0 Å². The van der Waals surface area contributed by atoms with E-state index in [0.717, 1.165) is 0 Å². The number of rotatable bonds is 0. The number of nitrogens with two attached hydrogens (primary N) is 2. The van der Waals surface area contributed by atoms with Gasteiger partial charge in [-0.05, 0) is 12.2 Å². The maximum Gasteiger partial charge on any atom is 1.00 e. The summed E-state index contributed by atoms with van der Waals surface area (Å²) in [5, 5.41) is 0.000000000000000222. The molecule has 0 bridgehead atoms. The van der Waals surface area contributed by atoms with E-state index in [1.165, 1.54) is 0 Å². The van der Waals surface area contributed by atoms with Crippen LogP contribution in [-0.4, -0.2) is 5.11 Å². The molecule has 0 aromatic carbocycles. The Morgan fingerprint density at radius 2 is 1.33 bits per heavy atom. The molecule has 2 nitrogen and oxygen atoms in total. The molecule has 0 aromatic heterocycles. The molecule has 0 amide bonds. The van der Waals surface area contributed by atoms with Gasteiger partial charge in [0, 0.05) is 0 Å². The Morgan fingerprint density at radius 1 is 1.33 bits per heavy atom. The molecule has 6 heavy (non-hydrogen) atoms. The molecule has 0 saturated carbocycles. The summed E-state index contributed by atoms with van der Waals surface area (Å²) in [5.74, 6) is 0. The summed E-state index contributed by atoms with van der Waals surface area (Å²) in [6.45, 7) is 0. The van der Waals surface area contributed by atoms with Gasteiger partial charge in [0.05, 0.1) is 0 Å². The van der Waals surface area contributed by atoms with E-state index in [1.807, 2.05) is 0 Å². The molecule has 0 spiro atoms. The third-order valence-corrected chi connectivity index (χ3v) is 0. The molecule has 0 heterocycles. The quantitative estimate of drug-likeness (QED) is 0.245. The first-order chi connectivity index (χ1) is 1.73. The molecule has 0 fully saturated rings. The van der Waals surface area contributed by atoms with Gasteiger partial charge in [0.1, 0.15) is 0 Å². The van der Waals surface area contributed by atoms with Gasteiger partial charge < -0.3 is 35.4 Å². The first-order valence-electron chi connectivity index (χ1n) is 0.781. The van der Waals surface area contributed by atoms with Crippen LogP contribution in [0.4, 0.5) is 0 Å². The summed E-state index contributed by atoms with van der Waals surface area (Å²) in [7, 11) is 0. The van der Waals surface area contributed by atoms with E-state index in [1.54, 1.807) is 0 Å². The molecule has 0 unspecified atom stereocenters. The maximum atomic E-state index is 4.62. The molecule has 0 saturated heterocycles. The van der Waals surface area contributed by atoms with Gasteiger partial charge >= 0.3 is 29.6 Å². The zero-order valence-corrected chi connectivity index (χ0v) is 8.41. The first-order valence-corrected chi connectivity index (χ1v) is 1.19. The molecule has 4 N–H and O–H groups in total. The molecule has 32 valence electrons. The summed E-state index contributed by atoms with van der Waals surface area (Å²) in [6.07, 6.45) is 0. The van der Waals surface area contributed by atoms with E-state index in [4.69, 9.17) is 0 Å². The van der Waals surface area contributed by atoms with Gasteiger partial charge in [-0.1, -0.05) is 0 Å². The van der Waals surface area contributed by atoms with E-state index in [2.05, 4.69) is 23.7 Å². The zero-order chi connectivity index (χ0) is 3.58. The Bertz CT molecular complexity index is 36.5. The van der Waals surface area contributed by atoms with Crippen molar-refractivity contribution in [2.45, 2.75) is 0 Å². The Kier molecular flexibility index (Phi) is 25.2.